The number of nitrogens with zero attached hydrogens (tertiary/aromatic N) is 2. The number of carboxylic acids is 1. The average Bonchev–Trinajstić information content (AvgIpc) is 3.07. The van der Waals surface area contributed by atoms with Gasteiger partial charge in [-0.2, -0.15) is 13.2 Å². The van der Waals surface area contributed by atoms with Crippen molar-refractivity contribution >= 4 is 11.9 Å². The van der Waals surface area contributed by atoms with Crippen molar-refractivity contribution in [1.82, 2.24) is 9.47 Å². The number of hydrogen-bond acceptors (Lipinski definition) is 2. The van der Waals surface area contributed by atoms with E-state index in [2.05, 4.69) is 0 Å². The Morgan fingerprint density at radius 1 is 1.40 bits per heavy atom. The van der Waals surface area contributed by atoms with Crippen molar-refractivity contribution in [3.05, 3.63) is 23.5 Å². The largest absolute Gasteiger partial charge is 0.478 e. The predicted octanol–water partition coefficient (Wildman–Crippen LogP) is 1.83. The Hall–Kier alpha value is -1.99. The van der Waals surface area contributed by atoms with Crippen molar-refractivity contribution < 1.29 is 27.9 Å². The zero-order valence-electron chi connectivity index (χ0n) is 10.6. The van der Waals surface area contributed by atoms with Crippen molar-refractivity contribution in [2.45, 2.75) is 31.6 Å². The van der Waals surface area contributed by atoms with Crippen LogP contribution in [0.2, 0.25) is 0 Å². The zero-order valence-corrected chi connectivity index (χ0v) is 10.6. The molecule has 0 atom stereocenters. The standard InChI is InChI=1S/C12H13F3N2O3/c1-16(7-2-3-7)10(18)6-17-4-8(11(19)20)9(5-17)12(13,14)15/h4-5,7H,2-3,6H2,1H3,(H,19,20). The van der Waals surface area contributed by atoms with Crippen LogP contribution in [0.1, 0.15) is 28.8 Å². The molecule has 1 fully saturated rings. The van der Waals surface area contributed by atoms with Crippen LogP contribution >= 0.6 is 0 Å². The highest BCUT2D eigenvalue weighted by atomic mass is 19.4. The fourth-order valence-electron chi connectivity index (χ4n) is 1.93. The van der Waals surface area contributed by atoms with Gasteiger partial charge in [-0.25, -0.2) is 4.79 Å². The van der Waals surface area contributed by atoms with E-state index in [1.807, 2.05) is 0 Å². The summed E-state index contributed by atoms with van der Waals surface area (Å²) in [7, 11) is 1.59. The van der Waals surface area contributed by atoms with Gasteiger partial charge in [0.05, 0.1) is 11.1 Å². The van der Waals surface area contributed by atoms with E-state index in [-0.39, 0.29) is 18.5 Å². The number of halogens is 3. The van der Waals surface area contributed by atoms with Gasteiger partial charge in [-0.15, -0.1) is 0 Å². The molecule has 5 nitrogen and oxygen atoms in total. The molecule has 1 aromatic heterocycles. The van der Waals surface area contributed by atoms with E-state index in [4.69, 9.17) is 5.11 Å². The summed E-state index contributed by atoms with van der Waals surface area (Å²) in [6.45, 7) is -0.302. The summed E-state index contributed by atoms with van der Waals surface area (Å²) >= 11 is 0. The number of hydrogen-bond donors (Lipinski definition) is 1. The van der Waals surface area contributed by atoms with Gasteiger partial charge < -0.3 is 14.6 Å². The minimum Gasteiger partial charge on any atom is -0.478 e. The summed E-state index contributed by atoms with van der Waals surface area (Å²) in [4.78, 5) is 24.1. The molecule has 1 saturated carbocycles. The first-order valence-corrected chi connectivity index (χ1v) is 5.96. The summed E-state index contributed by atoms with van der Waals surface area (Å²) < 4.78 is 39.0. The lowest BCUT2D eigenvalue weighted by Crippen LogP contribution is -2.31. The van der Waals surface area contributed by atoms with Gasteiger partial charge in [0, 0.05) is 25.5 Å². The van der Waals surface area contributed by atoms with E-state index in [0.29, 0.717) is 6.20 Å². The third kappa shape index (κ3) is 2.94. The number of aromatic carboxylic acids is 1. The van der Waals surface area contributed by atoms with E-state index in [9.17, 15) is 22.8 Å². The number of carboxylic acid groups (broad SMARTS) is 1. The minimum atomic E-state index is -4.76. The molecule has 20 heavy (non-hydrogen) atoms. The lowest BCUT2D eigenvalue weighted by Gasteiger charge is -2.16. The maximum atomic E-state index is 12.7. The van der Waals surface area contributed by atoms with Crippen LogP contribution in [0.5, 0.6) is 0 Å². The lowest BCUT2D eigenvalue weighted by atomic mass is 10.2. The SMILES string of the molecule is CN(C(=O)Cn1cc(C(=O)O)c(C(F)(F)F)c1)C1CC1. The fraction of sp³-hybridized carbons (Fsp3) is 0.500. The summed E-state index contributed by atoms with van der Waals surface area (Å²) in [5, 5.41) is 8.78. The molecule has 0 spiro atoms. The highest BCUT2D eigenvalue weighted by molar-refractivity contribution is 5.89. The second-order valence-corrected chi connectivity index (χ2v) is 4.80. The molecule has 8 heteroatoms. The first-order valence-electron chi connectivity index (χ1n) is 5.96. The number of likely N-dealkylation sites (N-methyl/N-ethyl adjacent to an activating group) is 1. The number of carbonyl (C=O) groups excluding carboxylic acids is 1. The average molecular weight is 290 g/mol. The Morgan fingerprint density at radius 2 is 2.00 bits per heavy atom. The van der Waals surface area contributed by atoms with Crippen molar-refractivity contribution in [2.75, 3.05) is 7.05 Å². The quantitative estimate of drug-likeness (QED) is 0.920. The third-order valence-electron chi connectivity index (χ3n) is 3.22. The van der Waals surface area contributed by atoms with Gasteiger partial charge >= 0.3 is 12.1 Å². The molecule has 2 rings (SSSR count). The van der Waals surface area contributed by atoms with Crippen LogP contribution in [0, 0.1) is 0 Å². The molecule has 0 aliphatic heterocycles. The van der Waals surface area contributed by atoms with Gasteiger partial charge in [-0.05, 0) is 12.8 Å². The molecule has 110 valence electrons. The van der Waals surface area contributed by atoms with Crippen LogP contribution in [0.25, 0.3) is 0 Å². The molecule has 1 N–H and O–H groups in total. The van der Waals surface area contributed by atoms with E-state index in [0.717, 1.165) is 23.6 Å². The normalized spacial score (nSPS) is 15.2. The molecule has 1 aliphatic carbocycles. The van der Waals surface area contributed by atoms with Gasteiger partial charge in [0.15, 0.2) is 0 Å². The number of alkyl halides is 3. The van der Waals surface area contributed by atoms with Crippen LogP contribution in [0.3, 0.4) is 0 Å². The van der Waals surface area contributed by atoms with Crippen LogP contribution in [0.4, 0.5) is 13.2 Å². The smallest absolute Gasteiger partial charge is 0.418 e. The van der Waals surface area contributed by atoms with Crippen LogP contribution in [0.15, 0.2) is 12.4 Å². The van der Waals surface area contributed by atoms with E-state index in [1.165, 1.54) is 4.90 Å². The van der Waals surface area contributed by atoms with Crippen LogP contribution < -0.4 is 0 Å². The first kappa shape index (κ1) is 14.4. The Kier molecular flexibility index (Phi) is 3.49. The number of rotatable bonds is 4. The summed E-state index contributed by atoms with van der Waals surface area (Å²) in [5.74, 6) is -2.01. The highest BCUT2D eigenvalue weighted by Gasteiger charge is 2.37. The number of amides is 1. The summed E-state index contributed by atoms with van der Waals surface area (Å²) in [6, 6.07) is 0.152. The molecular formula is C12H13F3N2O3. The van der Waals surface area contributed by atoms with Crippen LogP contribution in [-0.4, -0.2) is 39.5 Å². The number of carbonyl (C=O) groups is 2. The second-order valence-electron chi connectivity index (χ2n) is 4.80. The Bertz CT molecular complexity index is 547. The highest BCUT2D eigenvalue weighted by Crippen LogP contribution is 2.33. The molecule has 1 aliphatic rings. The van der Waals surface area contributed by atoms with Gasteiger partial charge in [0.1, 0.15) is 6.54 Å². The lowest BCUT2D eigenvalue weighted by molar-refractivity contribution is -0.138. The molecule has 0 saturated heterocycles. The Morgan fingerprint density at radius 3 is 2.40 bits per heavy atom. The molecule has 0 aromatic carbocycles. The molecule has 0 unspecified atom stereocenters. The maximum Gasteiger partial charge on any atom is 0.418 e. The Labute approximate surface area is 112 Å². The molecule has 1 aromatic rings. The van der Waals surface area contributed by atoms with E-state index >= 15 is 0 Å². The fourth-order valence-corrected chi connectivity index (χ4v) is 1.93. The monoisotopic (exact) mass is 290 g/mol. The minimum absolute atomic E-state index is 0.152. The van der Waals surface area contributed by atoms with Gasteiger partial charge in [0.25, 0.3) is 0 Å². The molecule has 0 radical (unpaired) electrons. The summed E-state index contributed by atoms with van der Waals surface area (Å²) in [6.07, 6.45) is -1.49. The maximum absolute atomic E-state index is 12.7. The third-order valence-corrected chi connectivity index (χ3v) is 3.22. The second kappa shape index (κ2) is 4.84. The molecule has 0 bridgehead atoms. The Balaban J connectivity index is 2.20. The van der Waals surface area contributed by atoms with E-state index < -0.39 is 23.3 Å². The van der Waals surface area contributed by atoms with Crippen LogP contribution in [-0.2, 0) is 17.5 Å². The van der Waals surface area contributed by atoms with Gasteiger partial charge in [-0.1, -0.05) is 0 Å². The first-order chi connectivity index (χ1) is 9.20. The van der Waals surface area contributed by atoms with Crippen molar-refractivity contribution in [1.29, 1.82) is 0 Å². The van der Waals surface area contributed by atoms with Gasteiger partial charge in [-0.3, -0.25) is 4.79 Å². The summed E-state index contributed by atoms with van der Waals surface area (Å²) in [5.41, 5.74) is -2.09. The van der Waals surface area contributed by atoms with Crippen molar-refractivity contribution in [2.24, 2.45) is 0 Å². The van der Waals surface area contributed by atoms with E-state index in [1.54, 1.807) is 7.05 Å². The van der Waals surface area contributed by atoms with Gasteiger partial charge in [0.2, 0.25) is 5.91 Å². The molecule has 1 heterocycles. The molecular weight excluding hydrogens is 277 g/mol. The predicted molar refractivity (Wildman–Crippen MR) is 62.2 cm³/mol. The van der Waals surface area contributed by atoms with Crippen molar-refractivity contribution in [3.63, 3.8) is 0 Å². The molecule has 1 amide bonds. The number of aromatic nitrogens is 1. The topological polar surface area (TPSA) is 62.5 Å². The zero-order chi connectivity index (χ0) is 15.1. The van der Waals surface area contributed by atoms with Crippen molar-refractivity contribution in [3.8, 4) is 0 Å².